The number of hydrogen-bond acceptors (Lipinski definition) is 5. The molecule has 0 aliphatic carbocycles. The third-order valence-electron chi connectivity index (χ3n) is 3.89. The van der Waals surface area contributed by atoms with E-state index in [1.807, 2.05) is 24.3 Å². The van der Waals surface area contributed by atoms with Gasteiger partial charge in [0, 0.05) is 29.2 Å². The Morgan fingerprint density at radius 2 is 2.00 bits per heavy atom. The minimum Gasteiger partial charge on any atom is -0.459 e. The molecule has 134 valence electrons. The largest absolute Gasteiger partial charge is 0.459 e. The van der Waals surface area contributed by atoms with E-state index in [0.29, 0.717) is 5.56 Å². The van der Waals surface area contributed by atoms with Crippen molar-refractivity contribution in [1.29, 1.82) is 0 Å². The molecule has 0 saturated heterocycles. The number of nitrogens with one attached hydrogen (secondary N) is 2. The van der Waals surface area contributed by atoms with E-state index in [0.717, 1.165) is 10.9 Å². The first kappa shape index (κ1) is 17.5. The maximum atomic E-state index is 12.5. The van der Waals surface area contributed by atoms with Crippen LogP contribution >= 0.6 is 0 Å². The molecule has 0 aliphatic rings. The SMILES string of the molecule is CC(OC(=O)CCNC(=O)c1ccco1)C(=O)c1c[nH]c2ccccc12. The summed E-state index contributed by atoms with van der Waals surface area (Å²) in [7, 11) is 0. The first-order valence-electron chi connectivity index (χ1n) is 8.18. The van der Waals surface area contributed by atoms with Crippen molar-refractivity contribution in [2.24, 2.45) is 0 Å². The number of carbonyl (C=O) groups excluding carboxylic acids is 3. The molecule has 2 N–H and O–H groups in total. The quantitative estimate of drug-likeness (QED) is 0.502. The zero-order valence-corrected chi connectivity index (χ0v) is 14.2. The van der Waals surface area contributed by atoms with E-state index in [9.17, 15) is 14.4 Å². The third kappa shape index (κ3) is 3.83. The maximum absolute atomic E-state index is 12.5. The molecular formula is C19H18N2O5. The van der Waals surface area contributed by atoms with E-state index >= 15 is 0 Å². The van der Waals surface area contributed by atoms with Crippen LogP contribution < -0.4 is 5.32 Å². The number of aromatic amines is 1. The molecule has 3 rings (SSSR count). The number of hydrogen-bond donors (Lipinski definition) is 2. The lowest BCUT2D eigenvalue weighted by atomic mass is 10.1. The van der Waals surface area contributed by atoms with Gasteiger partial charge in [0.1, 0.15) is 0 Å². The van der Waals surface area contributed by atoms with Gasteiger partial charge in [-0.1, -0.05) is 18.2 Å². The molecule has 1 aromatic carbocycles. The van der Waals surface area contributed by atoms with Gasteiger partial charge in [0.05, 0.1) is 12.7 Å². The number of amides is 1. The van der Waals surface area contributed by atoms with Crippen LogP contribution in [0.5, 0.6) is 0 Å². The molecule has 0 saturated carbocycles. The first-order chi connectivity index (χ1) is 12.6. The summed E-state index contributed by atoms with van der Waals surface area (Å²) in [5.41, 5.74) is 1.32. The van der Waals surface area contributed by atoms with E-state index < -0.39 is 18.0 Å². The van der Waals surface area contributed by atoms with Crippen LogP contribution in [-0.2, 0) is 9.53 Å². The summed E-state index contributed by atoms with van der Waals surface area (Å²) in [6.45, 7) is 1.62. The van der Waals surface area contributed by atoms with Gasteiger partial charge in [0.15, 0.2) is 11.9 Å². The smallest absolute Gasteiger partial charge is 0.308 e. The summed E-state index contributed by atoms with van der Waals surface area (Å²) >= 11 is 0. The van der Waals surface area contributed by atoms with Crippen molar-refractivity contribution in [1.82, 2.24) is 10.3 Å². The molecule has 0 aliphatic heterocycles. The summed E-state index contributed by atoms with van der Waals surface area (Å²) in [5, 5.41) is 3.33. The van der Waals surface area contributed by atoms with E-state index in [4.69, 9.17) is 9.15 Å². The van der Waals surface area contributed by atoms with Gasteiger partial charge < -0.3 is 19.5 Å². The second kappa shape index (κ2) is 7.69. The van der Waals surface area contributed by atoms with Crippen molar-refractivity contribution in [3.8, 4) is 0 Å². The van der Waals surface area contributed by atoms with Crippen molar-refractivity contribution >= 4 is 28.6 Å². The van der Waals surface area contributed by atoms with Crippen molar-refractivity contribution in [3.63, 3.8) is 0 Å². The molecule has 2 aromatic heterocycles. The van der Waals surface area contributed by atoms with Gasteiger partial charge >= 0.3 is 5.97 Å². The summed E-state index contributed by atoms with van der Waals surface area (Å²) in [4.78, 5) is 39.1. The van der Waals surface area contributed by atoms with E-state index in [-0.39, 0.29) is 24.5 Å². The van der Waals surface area contributed by atoms with Gasteiger partial charge in [-0.25, -0.2) is 0 Å². The molecule has 7 heteroatoms. The molecule has 1 atom stereocenters. The number of benzene rings is 1. The Balaban J connectivity index is 1.51. The van der Waals surface area contributed by atoms with Gasteiger partial charge in [-0.3, -0.25) is 14.4 Å². The van der Waals surface area contributed by atoms with Crippen LogP contribution in [0.3, 0.4) is 0 Å². The molecule has 0 bridgehead atoms. The van der Waals surface area contributed by atoms with E-state index in [2.05, 4.69) is 10.3 Å². The van der Waals surface area contributed by atoms with Gasteiger partial charge in [-0.15, -0.1) is 0 Å². The Morgan fingerprint density at radius 3 is 2.77 bits per heavy atom. The average molecular weight is 354 g/mol. The summed E-state index contributed by atoms with van der Waals surface area (Å²) in [6.07, 6.45) is 2.04. The Labute approximate surface area is 149 Å². The molecule has 0 fully saturated rings. The van der Waals surface area contributed by atoms with Gasteiger partial charge in [0.2, 0.25) is 5.78 Å². The van der Waals surface area contributed by atoms with Crippen molar-refractivity contribution in [2.45, 2.75) is 19.4 Å². The number of H-pyrrole nitrogens is 1. The second-order valence-electron chi connectivity index (χ2n) is 5.73. The molecule has 1 unspecified atom stereocenters. The Morgan fingerprint density at radius 1 is 1.19 bits per heavy atom. The van der Waals surface area contributed by atoms with E-state index in [1.54, 1.807) is 12.3 Å². The van der Waals surface area contributed by atoms with Crippen LogP contribution in [0.4, 0.5) is 0 Å². The number of ether oxygens (including phenoxy) is 1. The fourth-order valence-electron chi connectivity index (χ4n) is 2.58. The Hall–Kier alpha value is -3.35. The fourth-order valence-corrected chi connectivity index (χ4v) is 2.58. The molecule has 2 heterocycles. The average Bonchev–Trinajstić information content (AvgIpc) is 3.30. The van der Waals surface area contributed by atoms with Crippen LogP contribution in [0.1, 0.15) is 34.3 Å². The highest BCUT2D eigenvalue weighted by molar-refractivity contribution is 6.10. The predicted octanol–water partition coefficient (Wildman–Crippen LogP) is 2.70. The normalized spacial score (nSPS) is 11.9. The molecule has 1 amide bonds. The van der Waals surface area contributed by atoms with Crippen LogP contribution in [0.2, 0.25) is 0 Å². The number of aromatic nitrogens is 1. The van der Waals surface area contributed by atoms with Crippen LogP contribution in [0.25, 0.3) is 10.9 Å². The van der Waals surface area contributed by atoms with Crippen molar-refractivity contribution in [2.75, 3.05) is 6.54 Å². The highest BCUT2D eigenvalue weighted by Crippen LogP contribution is 2.20. The zero-order chi connectivity index (χ0) is 18.5. The monoisotopic (exact) mass is 354 g/mol. The number of fused-ring (bicyclic) bond motifs is 1. The number of carbonyl (C=O) groups is 3. The molecule has 7 nitrogen and oxygen atoms in total. The highest BCUT2D eigenvalue weighted by atomic mass is 16.5. The van der Waals surface area contributed by atoms with Gasteiger partial charge in [0.25, 0.3) is 5.91 Å². The maximum Gasteiger partial charge on any atom is 0.308 e. The molecule has 0 radical (unpaired) electrons. The summed E-state index contributed by atoms with van der Waals surface area (Å²) < 4.78 is 10.1. The van der Waals surface area contributed by atoms with E-state index in [1.165, 1.54) is 19.3 Å². The minimum absolute atomic E-state index is 0.0437. The Bertz CT molecular complexity index is 926. The van der Waals surface area contributed by atoms with Crippen LogP contribution in [0, 0.1) is 0 Å². The summed E-state index contributed by atoms with van der Waals surface area (Å²) in [6, 6.07) is 10.5. The summed E-state index contributed by atoms with van der Waals surface area (Å²) in [5.74, 6) is -1.09. The molecule has 0 spiro atoms. The molecule has 26 heavy (non-hydrogen) atoms. The predicted molar refractivity (Wildman–Crippen MR) is 93.8 cm³/mol. The van der Waals surface area contributed by atoms with Gasteiger partial charge in [-0.05, 0) is 25.1 Å². The fraction of sp³-hybridized carbons (Fsp3) is 0.211. The van der Waals surface area contributed by atoms with Crippen molar-refractivity contribution < 1.29 is 23.5 Å². The zero-order valence-electron chi connectivity index (χ0n) is 14.2. The number of ketones is 1. The number of furan rings is 1. The minimum atomic E-state index is -0.914. The lowest BCUT2D eigenvalue weighted by Crippen LogP contribution is -2.29. The standard InChI is InChI=1S/C19H18N2O5/c1-12(18(23)14-11-21-15-6-3-2-5-13(14)15)26-17(22)8-9-20-19(24)16-7-4-10-25-16/h2-7,10-12,21H,8-9H2,1H3,(H,20,24). The number of esters is 1. The molecular weight excluding hydrogens is 336 g/mol. The highest BCUT2D eigenvalue weighted by Gasteiger charge is 2.22. The first-order valence-corrected chi connectivity index (χ1v) is 8.18. The lowest BCUT2D eigenvalue weighted by molar-refractivity contribution is -0.146. The van der Waals surface area contributed by atoms with Crippen LogP contribution in [-0.4, -0.2) is 35.3 Å². The number of para-hydroxylation sites is 1. The number of rotatable bonds is 7. The molecule has 3 aromatic rings. The lowest BCUT2D eigenvalue weighted by Gasteiger charge is -2.12. The van der Waals surface area contributed by atoms with Crippen molar-refractivity contribution in [3.05, 3.63) is 60.2 Å². The van der Waals surface area contributed by atoms with Crippen LogP contribution in [0.15, 0.2) is 53.3 Å². The van der Waals surface area contributed by atoms with Gasteiger partial charge in [-0.2, -0.15) is 0 Å². The Kier molecular flexibility index (Phi) is 5.17. The third-order valence-corrected chi connectivity index (χ3v) is 3.89. The number of Topliss-reactive ketones (excluding diaryl/α,β-unsaturated/α-hetero) is 1. The second-order valence-corrected chi connectivity index (χ2v) is 5.73. The topological polar surface area (TPSA) is 101 Å².